The predicted molar refractivity (Wildman–Crippen MR) is 212 cm³/mol. The smallest absolute Gasteiger partial charge is 0.313 e. The first-order chi connectivity index (χ1) is 27.0. The van der Waals surface area contributed by atoms with Gasteiger partial charge in [-0.25, -0.2) is 4.68 Å². The Bertz CT molecular complexity index is 2150. The molecule has 0 bridgehead atoms. The number of nitrogens with one attached hydrogen (secondary N) is 1. The Balaban J connectivity index is 1.05. The lowest BCUT2D eigenvalue weighted by Gasteiger charge is -2.17. The van der Waals surface area contributed by atoms with E-state index >= 15 is 0 Å². The normalized spacial score (nSPS) is 15.8. The number of hydrogen-bond donors (Lipinski definition) is 1. The largest absolute Gasteiger partial charge is 0.497 e. The maximum atomic E-state index is 13.1. The first kappa shape index (κ1) is 38.4. The zero-order valence-corrected chi connectivity index (χ0v) is 32.7. The molecule has 2 fully saturated rings. The van der Waals surface area contributed by atoms with Crippen LogP contribution in [0.4, 0.5) is 5.82 Å². The molecular weight excluding hydrogens is 713 g/mol. The van der Waals surface area contributed by atoms with E-state index in [1.807, 2.05) is 82.4 Å². The predicted octanol–water partition coefficient (Wildman–Crippen LogP) is 6.27. The van der Waals surface area contributed by atoms with Crippen molar-refractivity contribution in [2.75, 3.05) is 39.1 Å². The monoisotopic (exact) mass is 762 g/mol. The Labute approximate surface area is 326 Å². The molecule has 0 radical (unpaired) electrons. The van der Waals surface area contributed by atoms with Crippen LogP contribution < -0.4 is 19.5 Å². The molecule has 1 aliphatic heterocycles. The Morgan fingerprint density at radius 1 is 0.964 bits per heavy atom. The lowest BCUT2D eigenvalue weighted by Crippen LogP contribution is -2.30. The Hall–Kier alpha value is -5.89. The van der Waals surface area contributed by atoms with Crippen molar-refractivity contribution in [3.05, 3.63) is 96.3 Å². The van der Waals surface area contributed by atoms with E-state index in [4.69, 9.17) is 24.0 Å². The maximum absolute atomic E-state index is 13.1. The van der Waals surface area contributed by atoms with Gasteiger partial charge in [0.05, 0.1) is 41.9 Å². The molecule has 1 saturated carbocycles. The molecule has 2 aliphatic rings. The number of likely N-dealkylation sites (N-methyl/N-ethyl adjacent to an activating group) is 1. The third-order valence-electron chi connectivity index (χ3n) is 9.96. The van der Waals surface area contributed by atoms with Gasteiger partial charge in [-0.3, -0.25) is 19.2 Å². The summed E-state index contributed by atoms with van der Waals surface area (Å²) < 4.78 is 26.8. The van der Waals surface area contributed by atoms with E-state index in [1.165, 1.54) is 17.5 Å². The number of rotatable bonds is 16. The molecule has 56 heavy (non-hydrogen) atoms. The number of likely N-dealkylation sites (tertiary alicyclic amines) is 1. The van der Waals surface area contributed by atoms with Crippen molar-refractivity contribution in [2.45, 2.75) is 72.0 Å². The molecule has 0 spiro atoms. The minimum Gasteiger partial charge on any atom is -0.497 e. The van der Waals surface area contributed by atoms with E-state index in [0.29, 0.717) is 54.4 Å². The van der Waals surface area contributed by atoms with Crippen LogP contribution in [0.15, 0.2) is 85.1 Å². The highest BCUT2D eigenvalue weighted by atomic mass is 16.5. The van der Waals surface area contributed by atoms with Crippen LogP contribution >= 0.6 is 0 Å². The highest BCUT2D eigenvalue weighted by Gasteiger charge is 2.28. The van der Waals surface area contributed by atoms with Crippen molar-refractivity contribution in [1.29, 1.82) is 0 Å². The Kier molecular flexibility index (Phi) is 11.6. The summed E-state index contributed by atoms with van der Waals surface area (Å²) in [5, 5.41) is 17.6. The average Bonchev–Trinajstić information content (AvgIpc) is 3.61. The summed E-state index contributed by atoms with van der Waals surface area (Å²) in [6.07, 6.45) is 8.55. The number of anilines is 1. The molecule has 1 aliphatic carbocycles. The first-order valence-electron chi connectivity index (χ1n) is 19.0. The van der Waals surface area contributed by atoms with Crippen LogP contribution in [0.5, 0.6) is 23.0 Å². The third-order valence-corrected chi connectivity index (χ3v) is 9.96. The number of hydrogen-bond acceptors (Lipinski definition) is 11. The van der Waals surface area contributed by atoms with Crippen molar-refractivity contribution in [3.63, 3.8) is 0 Å². The number of carbonyl (C=O) groups is 2. The second-order valence-electron chi connectivity index (χ2n) is 15.4. The number of aromatic nitrogens is 5. The molecule has 0 unspecified atom stereocenters. The number of carbonyl (C=O) groups excluding carboxylic acids is 2. The van der Waals surface area contributed by atoms with Crippen LogP contribution in [-0.2, 0) is 34.2 Å². The molecule has 5 aromatic rings. The van der Waals surface area contributed by atoms with Gasteiger partial charge in [0.25, 0.3) is 0 Å². The van der Waals surface area contributed by atoms with Gasteiger partial charge in [0.15, 0.2) is 12.5 Å². The number of amides is 1. The summed E-state index contributed by atoms with van der Waals surface area (Å²) in [6, 6.07) is 21.9. The summed E-state index contributed by atoms with van der Waals surface area (Å²) in [5.74, 6) is 3.09. The Morgan fingerprint density at radius 2 is 1.71 bits per heavy atom. The second kappa shape index (κ2) is 16.9. The van der Waals surface area contributed by atoms with Gasteiger partial charge in [-0.1, -0.05) is 29.5 Å². The number of fused-ring (bicyclic) bond motifs is 1. The summed E-state index contributed by atoms with van der Waals surface area (Å²) in [7, 11) is 3.76. The SMILES string of the molecule is COc1ccc(Cn2nc(N[C@@H]3CCN(C(=O)/C=C/CN(C)C4CC4)C3)c3c(Oc4ccc(OCc5cnnn5COC(=O)C(C)(C)C)cc4)cccc32)cc1. The minimum atomic E-state index is -0.619. The van der Waals surface area contributed by atoms with Crippen LogP contribution in [0.3, 0.4) is 0 Å². The van der Waals surface area contributed by atoms with Crippen molar-refractivity contribution >= 4 is 28.6 Å². The molecule has 14 heteroatoms. The molecule has 1 saturated heterocycles. The molecule has 14 nitrogen and oxygen atoms in total. The number of esters is 1. The summed E-state index contributed by atoms with van der Waals surface area (Å²) >= 11 is 0. The van der Waals surface area contributed by atoms with Crippen molar-refractivity contribution in [3.8, 4) is 23.0 Å². The molecule has 3 aromatic carbocycles. The summed E-state index contributed by atoms with van der Waals surface area (Å²) in [5.41, 5.74) is 2.03. The van der Waals surface area contributed by atoms with Gasteiger partial charge in [0.1, 0.15) is 29.6 Å². The number of benzene rings is 3. The van der Waals surface area contributed by atoms with Gasteiger partial charge < -0.3 is 29.2 Å². The third kappa shape index (κ3) is 9.48. The molecule has 7 rings (SSSR count). The van der Waals surface area contributed by atoms with E-state index in [1.54, 1.807) is 40.2 Å². The summed E-state index contributed by atoms with van der Waals surface area (Å²) in [4.78, 5) is 29.5. The fourth-order valence-corrected chi connectivity index (χ4v) is 6.49. The minimum absolute atomic E-state index is 0.0237. The standard InChI is InChI=1S/C42H50N8O6/c1-42(2,3)41(52)55-28-50-32(24-43-46-50)27-54-34-17-19-35(20-18-34)56-37-9-6-8-36-39(37)40(45-49(36)25-29-11-15-33(53-5)16-12-29)44-30-21-23-48(26-30)38(51)10-7-22-47(4)31-13-14-31/h6-12,15-20,24,30-31H,13-14,21-23,25-28H2,1-5H3,(H,44,45)/b10-7+/t30-/m1/s1. The molecular formula is C42H50N8O6. The van der Waals surface area contributed by atoms with Crippen LogP contribution in [0.25, 0.3) is 10.9 Å². The topological polar surface area (TPSA) is 138 Å². The first-order valence-corrected chi connectivity index (χ1v) is 19.0. The van der Waals surface area contributed by atoms with Gasteiger partial charge in [-0.2, -0.15) is 5.10 Å². The van der Waals surface area contributed by atoms with E-state index in [2.05, 4.69) is 27.6 Å². The van der Waals surface area contributed by atoms with Crippen LogP contribution in [0, 0.1) is 5.41 Å². The number of methoxy groups -OCH3 is 1. The summed E-state index contributed by atoms with van der Waals surface area (Å²) in [6.45, 7) is 8.10. The molecule has 1 amide bonds. The van der Waals surface area contributed by atoms with Gasteiger partial charge in [-0.05, 0) is 101 Å². The van der Waals surface area contributed by atoms with E-state index in [0.717, 1.165) is 35.2 Å². The van der Waals surface area contributed by atoms with Gasteiger partial charge in [0, 0.05) is 37.8 Å². The number of nitrogens with zero attached hydrogens (tertiary/aromatic N) is 7. The van der Waals surface area contributed by atoms with E-state index < -0.39 is 5.41 Å². The van der Waals surface area contributed by atoms with Gasteiger partial charge >= 0.3 is 5.97 Å². The average molecular weight is 763 g/mol. The Morgan fingerprint density at radius 3 is 2.45 bits per heavy atom. The zero-order valence-electron chi connectivity index (χ0n) is 32.7. The highest BCUT2D eigenvalue weighted by Crippen LogP contribution is 2.37. The zero-order chi connectivity index (χ0) is 39.2. The maximum Gasteiger partial charge on any atom is 0.313 e. The lowest BCUT2D eigenvalue weighted by atomic mass is 9.98. The van der Waals surface area contributed by atoms with Crippen molar-refractivity contribution in [1.82, 2.24) is 34.6 Å². The van der Waals surface area contributed by atoms with Crippen LogP contribution in [0.2, 0.25) is 0 Å². The van der Waals surface area contributed by atoms with Crippen LogP contribution in [-0.4, -0.2) is 92.3 Å². The second-order valence-corrected chi connectivity index (χ2v) is 15.4. The van der Waals surface area contributed by atoms with Gasteiger partial charge in [-0.15, -0.1) is 5.10 Å². The van der Waals surface area contributed by atoms with Crippen molar-refractivity contribution in [2.24, 2.45) is 5.41 Å². The van der Waals surface area contributed by atoms with Gasteiger partial charge in [0.2, 0.25) is 5.91 Å². The molecule has 294 valence electrons. The molecule has 1 N–H and O–H groups in total. The molecule has 1 atom stereocenters. The van der Waals surface area contributed by atoms with E-state index in [9.17, 15) is 9.59 Å². The molecule has 2 aromatic heterocycles. The van der Waals surface area contributed by atoms with Crippen LogP contribution in [0.1, 0.15) is 51.3 Å². The fourth-order valence-electron chi connectivity index (χ4n) is 6.49. The highest BCUT2D eigenvalue weighted by molar-refractivity contribution is 5.96. The molecule has 3 heterocycles. The quantitative estimate of drug-likeness (QED) is 0.0900. The van der Waals surface area contributed by atoms with Crippen molar-refractivity contribution < 1.29 is 28.5 Å². The van der Waals surface area contributed by atoms with E-state index in [-0.39, 0.29) is 31.3 Å². The number of ether oxygens (including phenoxy) is 4. The fraction of sp³-hybridized carbons (Fsp3) is 0.405. The lowest BCUT2D eigenvalue weighted by molar-refractivity contribution is -0.157.